The third-order valence-electron chi connectivity index (χ3n) is 6.51. The highest BCUT2D eigenvalue weighted by atomic mass is 16.5. The number of nitriles is 1. The van der Waals surface area contributed by atoms with E-state index in [0.29, 0.717) is 5.56 Å². The lowest BCUT2D eigenvalue weighted by Crippen LogP contribution is -2.25. The molecule has 1 aliphatic heterocycles. The summed E-state index contributed by atoms with van der Waals surface area (Å²) in [5.74, 6) is -2.25. The molecule has 0 bridgehead atoms. The quantitative estimate of drug-likeness (QED) is 0.240. The molecule has 4 aromatic rings. The minimum atomic E-state index is -0.708. The topological polar surface area (TPSA) is 156 Å². The molecule has 10 heteroatoms. The van der Waals surface area contributed by atoms with Crippen LogP contribution in [0.4, 0.5) is 11.5 Å². The van der Waals surface area contributed by atoms with E-state index in [2.05, 4.69) is 16.7 Å². The molecular weight excluding hydrogens is 510 g/mol. The van der Waals surface area contributed by atoms with Crippen LogP contribution in [0.5, 0.6) is 0 Å². The Hall–Kier alpha value is -5.69. The largest absolute Gasteiger partial charge is 0.462 e. The van der Waals surface area contributed by atoms with Gasteiger partial charge in [-0.15, -0.1) is 0 Å². The lowest BCUT2D eigenvalue weighted by molar-refractivity contribution is 0.0527. The van der Waals surface area contributed by atoms with Crippen molar-refractivity contribution in [3.8, 4) is 22.9 Å². The van der Waals surface area contributed by atoms with Crippen molar-refractivity contribution in [2.75, 3.05) is 17.7 Å². The smallest absolute Gasteiger partial charge is 0.340 e. The van der Waals surface area contributed by atoms with E-state index >= 15 is 0 Å². The van der Waals surface area contributed by atoms with Gasteiger partial charge in [0, 0.05) is 12.6 Å². The number of pyridine rings is 1. The number of nitrogens with two attached hydrogens (primary N) is 1. The van der Waals surface area contributed by atoms with E-state index in [-0.39, 0.29) is 47.0 Å². The Bertz CT molecular complexity index is 1780. The minimum Gasteiger partial charge on any atom is -0.462 e. The lowest BCUT2D eigenvalue weighted by atomic mass is 9.99. The molecule has 4 N–H and O–H groups in total. The summed E-state index contributed by atoms with van der Waals surface area (Å²) in [5.41, 5.74) is 9.14. The van der Waals surface area contributed by atoms with Crippen LogP contribution in [0.1, 0.15) is 49.1 Å². The predicted octanol–water partition coefficient (Wildman–Crippen LogP) is 3.63. The van der Waals surface area contributed by atoms with E-state index in [9.17, 15) is 24.4 Å². The highest BCUT2D eigenvalue weighted by Gasteiger charge is 2.32. The van der Waals surface area contributed by atoms with Gasteiger partial charge in [-0.05, 0) is 41.8 Å². The van der Waals surface area contributed by atoms with Gasteiger partial charge in [0.25, 0.3) is 17.4 Å². The first-order valence-corrected chi connectivity index (χ1v) is 12.4. The van der Waals surface area contributed by atoms with Crippen LogP contribution in [0.2, 0.25) is 0 Å². The highest BCUT2D eigenvalue weighted by Crippen LogP contribution is 2.30. The number of ether oxygens (including phenoxy) is 1. The van der Waals surface area contributed by atoms with Crippen LogP contribution in [0.25, 0.3) is 16.8 Å². The van der Waals surface area contributed by atoms with Gasteiger partial charge in [0.2, 0.25) is 0 Å². The number of hydrogen-bond donors (Lipinski definition) is 3. The number of anilines is 2. The molecular formula is C30H23N5O5. The standard InChI is InChI=1S/C30H23N5O5/c1-2-40-30(39)21-8-5-9-23(35-24(36)14-22-25(27(35)32)29(38)34-28(22)37)26(21)33-16-17-10-12-18(13-11-17)20-7-4-3-6-19(20)15-31/h3-14,33H,2,16,32H2,1H3,(H,34,37,38). The summed E-state index contributed by atoms with van der Waals surface area (Å²) >= 11 is 0. The second kappa shape index (κ2) is 10.6. The number of fused-ring (bicyclic) bond motifs is 1. The molecule has 1 aliphatic rings. The minimum absolute atomic E-state index is 0.0992. The summed E-state index contributed by atoms with van der Waals surface area (Å²) in [6.45, 7) is 2.07. The second-order valence-electron chi connectivity index (χ2n) is 8.90. The Balaban J connectivity index is 1.55. The first kappa shape index (κ1) is 25.9. The normalized spacial score (nSPS) is 11.9. The third kappa shape index (κ3) is 4.56. The fourth-order valence-corrected chi connectivity index (χ4v) is 4.64. The summed E-state index contributed by atoms with van der Waals surface area (Å²) in [6, 6.07) is 22.8. The number of nitrogens with one attached hydrogen (secondary N) is 2. The number of carbonyl (C=O) groups is 3. The molecule has 0 saturated carbocycles. The van der Waals surface area contributed by atoms with Gasteiger partial charge in [0.1, 0.15) is 5.82 Å². The molecule has 0 fully saturated rings. The van der Waals surface area contributed by atoms with Gasteiger partial charge >= 0.3 is 5.97 Å². The number of imide groups is 1. The van der Waals surface area contributed by atoms with E-state index in [1.165, 1.54) is 0 Å². The number of nitrogens with zero attached hydrogens (tertiary/aromatic N) is 2. The number of esters is 1. The number of hydrogen-bond acceptors (Lipinski definition) is 8. The van der Waals surface area contributed by atoms with E-state index in [4.69, 9.17) is 10.5 Å². The van der Waals surface area contributed by atoms with E-state index in [1.54, 1.807) is 31.2 Å². The molecule has 3 aromatic carbocycles. The number of amides is 2. The zero-order valence-electron chi connectivity index (χ0n) is 21.4. The molecule has 40 heavy (non-hydrogen) atoms. The Labute approximate surface area is 228 Å². The van der Waals surface area contributed by atoms with Crippen LogP contribution in [0.15, 0.2) is 77.6 Å². The Morgan fingerprint density at radius 1 is 1.00 bits per heavy atom. The van der Waals surface area contributed by atoms with Crippen molar-refractivity contribution in [2.24, 2.45) is 0 Å². The van der Waals surface area contributed by atoms with E-state index in [0.717, 1.165) is 27.3 Å². The van der Waals surface area contributed by atoms with Gasteiger partial charge in [-0.2, -0.15) is 5.26 Å². The van der Waals surface area contributed by atoms with Crippen LogP contribution in [-0.2, 0) is 11.3 Å². The average molecular weight is 534 g/mol. The van der Waals surface area contributed by atoms with Crippen LogP contribution in [0, 0.1) is 11.3 Å². The second-order valence-corrected chi connectivity index (χ2v) is 8.90. The van der Waals surface area contributed by atoms with Gasteiger partial charge in [-0.25, -0.2) is 4.79 Å². The Morgan fingerprint density at radius 3 is 2.48 bits per heavy atom. The van der Waals surface area contributed by atoms with Gasteiger partial charge in [-0.3, -0.25) is 24.3 Å². The number of nitrogen functional groups attached to an aromatic ring is 1. The highest BCUT2D eigenvalue weighted by molar-refractivity contribution is 6.23. The molecule has 5 rings (SSSR count). The maximum absolute atomic E-state index is 13.1. The maximum atomic E-state index is 13.1. The molecule has 198 valence electrons. The summed E-state index contributed by atoms with van der Waals surface area (Å²) in [5, 5.41) is 14.8. The fourth-order valence-electron chi connectivity index (χ4n) is 4.64. The van der Waals surface area contributed by atoms with Crippen LogP contribution in [0.3, 0.4) is 0 Å². The Kier molecular flexibility index (Phi) is 6.87. The zero-order chi connectivity index (χ0) is 28.4. The summed E-state index contributed by atoms with van der Waals surface area (Å²) in [7, 11) is 0. The molecule has 0 radical (unpaired) electrons. The molecule has 0 unspecified atom stereocenters. The fraction of sp³-hybridized carbons (Fsp3) is 0.100. The van der Waals surface area contributed by atoms with Crippen molar-refractivity contribution in [2.45, 2.75) is 13.5 Å². The number of carbonyl (C=O) groups excluding carboxylic acids is 3. The molecule has 0 aliphatic carbocycles. The zero-order valence-corrected chi connectivity index (χ0v) is 21.4. The van der Waals surface area contributed by atoms with Crippen molar-refractivity contribution in [3.05, 3.63) is 111 Å². The third-order valence-corrected chi connectivity index (χ3v) is 6.51. The molecule has 0 atom stereocenters. The summed E-state index contributed by atoms with van der Waals surface area (Å²) in [6.07, 6.45) is 0. The van der Waals surface area contributed by atoms with Gasteiger partial charge < -0.3 is 15.8 Å². The molecule has 2 amide bonds. The molecule has 1 aromatic heterocycles. The summed E-state index contributed by atoms with van der Waals surface area (Å²) < 4.78 is 6.32. The lowest BCUT2D eigenvalue weighted by Gasteiger charge is -2.19. The first-order chi connectivity index (χ1) is 19.3. The average Bonchev–Trinajstić information content (AvgIpc) is 3.25. The monoisotopic (exact) mass is 533 g/mol. The van der Waals surface area contributed by atoms with Crippen molar-refractivity contribution in [3.63, 3.8) is 0 Å². The van der Waals surface area contributed by atoms with Gasteiger partial charge in [0.05, 0.1) is 46.3 Å². The van der Waals surface area contributed by atoms with Crippen LogP contribution >= 0.6 is 0 Å². The molecule has 10 nitrogen and oxygen atoms in total. The van der Waals surface area contributed by atoms with Crippen molar-refractivity contribution in [1.82, 2.24) is 9.88 Å². The molecule has 0 spiro atoms. The first-order valence-electron chi connectivity index (χ1n) is 12.4. The van der Waals surface area contributed by atoms with Crippen LogP contribution < -0.4 is 21.9 Å². The number of para-hydroxylation sites is 1. The number of rotatable bonds is 7. The molecule has 2 heterocycles. The van der Waals surface area contributed by atoms with E-state index in [1.807, 2.05) is 42.5 Å². The molecule has 0 saturated heterocycles. The van der Waals surface area contributed by atoms with Crippen molar-refractivity contribution >= 4 is 29.3 Å². The number of aromatic nitrogens is 1. The van der Waals surface area contributed by atoms with Crippen LogP contribution in [-0.4, -0.2) is 29.0 Å². The Morgan fingerprint density at radius 2 is 1.75 bits per heavy atom. The van der Waals surface area contributed by atoms with Crippen molar-refractivity contribution < 1.29 is 19.1 Å². The van der Waals surface area contributed by atoms with Gasteiger partial charge in [0.15, 0.2) is 0 Å². The van der Waals surface area contributed by atoms with E-state index < -0.39 is 23.3 Å². The summed E-state index contributed by atoms with van der Waals surface area (Å²) in [4.78, 5) is 50.5. The SMILES string of the molecule is CCOC(=O)c1cccc(-n2c(N)c3c(cc2=O)C(=O)NC3=O)c1NCc1ccc(-c2ccccc2C#N)cc1. The number of benzene rings is 3. The van der Waals surface area contributed by atoms with Gasteiger partial charge in [-0.1, -0.05) is 48.5 Å². The maximum Gasteiger partial charge on any atom is 0.340 e. The predicted molar refractivity (Wildman–Crippen MR) is 148 cm³/mol. The van der Waals surface area contributed by atoms with Crippen molar-refractivity contribution in [1.29, 1.82) is 5.26 Å².